The molecular weight excluding hydrogens is 402 g/mol. The van der Waals surface area contributed by atoms with E-state index in [1.807, 2.05) is 0 Å². The molecule has 29 heavy (non-hydrogen) atoms. The molecule has 0 saturated carbocycles. The molecule has 0 amide bonds. The second kappa shape index (κ2) is 8.82. The van der Waals surface area contributed by atoms with Crippen molar-refractivity contribution in [1.29, 1.82) is 0 Å². The number of aryl methyl sites for hydroxylation is 1. The van der Waals surface area contributed by atoms with E-state index in [-0.39, 0.29) is 33.2 Å². The number of carbonyl (C=O) groups excluding carboxylic acids is 2. The van der Waals surface area contributed by atoms with Gasteiger partial charge in [0.1, 0.15) is 0 Å². The number of sulfonamides is 1. The van der Waals surface area contributed by atoms with Crippen LogP contribution >= 0.6 is 0 Å². The number of anilines is 1. The first-order valence-electron chi connectivity index (χ1n) is 8.24. The molecule has 1 N–H and O–H groups in total. The van der Waals surface area contributed by atoms with Gasteiger partial charge in [0.2, 0.25) is 0 Å². The summed E-state index contributed by atoms with van der Waals surface area (Å²) in [4.78, 5) is 23.8. The lowest BCUT2D eigenvalue weighted by Gasteiger charge is -2.16. The maximum absolute atomic E-state index is 13.0. The van der Waals surface area contributed by atoms with E-state index in [4.69, 9.17) is 14.2 Å². The van der Waals surface area contributed by atoms with Crippen molar-refractivity contribution in [1.82, 2.24) is 0 Å². The Labute approximate surface area is 168 Å². The maximum atomic E-state index is 13.0. The number of nitrogens with one attached hydrogen (secondary N) is 1. The second-order valence-corrected chi connectivity index (χ2v) is 7.47. The Morgan fingerprint density at radius 2 is 1.45 bits per heavy atom. The molecule has 0 aliphatic rings. The van der Waals surface area contributed by atoms with Crippen molar-refractivity contribution in [2.75, 3.05) is 33.2 Å². The third-order valence-corrected chi connectivity index (χ3v) is 5.58. The van der Waals surface area contributed by atoms with E-state index in [9.17, 15) is 18.0 Å². The van der Waals surface area contributed by atoms with Gasteiger partial charge >= 0.3 is 11.9 Å². The van der Waals surface area contributed by atoms with E-state index in [2.05, 4.69) is 9.46 Å². The Morgan fingerprint density at radius 1 is 0.862 bits per heavy atom. The van der Waals surface area contributed by atoms with Crippen LogP contribution in [0.25, 0.3) is 0 Å². The van der Waals surface area contributed by atoms with Crippen LogP contribution in [0, 0.1) is 6.92 Å². The molecule has 0 unspecified atom stereocenters. The van der Waals surface area contributed by atoms with Crippen LogP contribution in [0.1, 0.15) is 26.3 Å². The predicted molar refractivity (Wildman–Crippen MR) is 104 cm³/mol. The highest BCUT2D eigenvalue weighted by molar-refractivity contribution is 7.92. The summed E-state index contributed by atoms with van der Waals surface area (Å²) < 4.78 is 48.1. The third-order valence-electron chi connectivity index (χ3n) is 4.07. The van der Waals surface area contributed by atoms with Crippen LogP contribution in [0.5, 0.6) is 11.5 Å². The molecule has 0 aromatic heterocycles. The Hall–Kier alpha value is -3.27. The maximum Gasteiger partial charge on any atom is 0.340 e. The SMILES string of the molecule is COC(=O)c1ccc(C)c(S(=O)(=O)Nc2cc(OC)c(OC)cc2C(=O)OC)c1. The van der Waals surface area contributed by atoms with Crippen molar-refractivity contribution in [3.05, 3.63) is 47.0 Å². The fourth-order valence-corrected chi connectivity index (χ4v) is 3.92. The number of carbonyl (C=O) groups is 2. The number of benzene rings is 2. The highest BCUT2D eigenvalue weighted by Gasteiger charge is 2.24. The Balaban J connectivity index is 2.60. The van der Waals surface area contributed by atoms with Gasteiger partial charge in [-0.1, -0.05) is 6.07 Å². The molecule has 0 fully saturated rings. The van der Waals surface area contributed by atoms with E-state index in [0.717, 1.165) is 0 Å². The average Bonchev–Trinajstić information content (AvgIpc) is 2.72. The fourth-order valence-electron chi connectivity index (χ4n) is 2.58. The van der Waals surface area contributed by atoms with Crippen LogP contribution < -0.4 is 14.2 Å². The summed E-state index contributed by atoms with van der Waals surface area (Å²) in [6.45, 7) is 1.57. The van der Waals surface area contributed by atoms with Crippen molar-refractivity contribution >= 4 is 27.6 Å². The van der Waals surface area contributed by atoms with Crippen molar-refractivity contribution < 1.29 is 37.0 Å². The van der Waals surface area contributed by atoms with Crippen molar-refractivity contribution in [2.24, 2.45) is 0 Å². The molecule has 0 aliphatic carbocycles. The number of esters is 2. The molecule has 0 atom stereocenters. The summed E-state index contributed by atoms with van der Waals surface area (Å²) in [5.41, 5.74) is 0.317. The van der Waals surface area contributed by atoms with Gasteiger partial charge in [0.25, 0.3) is 10.0 Å². The molecular formula is C19H21NO8S. The lowest BCUT2D eigenvalue weighted by Crippen LogP contribution is -2.18. The average molecular weight is 423 g/mol. The van der Waals surface area contributed by atoms with Crippen LogP contribution in [-0.4, -0.2) is 48.8 Å². The van der Waals surface area contributed by atoms with E-state index in [1.165, 1.54) is 58.8 Å². The van der Waals surface area contributed by atoms with Gasteiger partial charge in [-0.2, -0.15) is 0 Å². The topological polar surface area (TPSA) is 117 Å². The van der Waals surface area contributed by atoms with Crippen LogP contribution in [-0.2, 0) is 19.5 Å². The molecule has 0 saturated heterocycles. The number of hydrogen-bond donors (Lipinski definition) is 1. The first kappa shape index (κ1) is 22.0. The first-order valence-corrected chi connectivity index (χ1v) is 9.73. The molecule has 0 heterocycles. The predicted octanol–water partition coefficient (Wildman–Crippen LogP) is 2.39. The normalized spacial score (nSPS) is 10.8. The first-order chi connectivity index (χ1) is 13.7. The molecule has 2 aromatic carbocycles. The van der Waals surface area contributed by atoms with Gasteiger partial charge < -0.3 is 18.9 Å². The molecule has 0 spiro atoms. The van der Waals surface area contributed by atoms with Crippen LogP contribution in [0.4, 0.5) is 5.69 Å². The van der Waals surface area contributed by atoms with Crippen LogP contribution in [0.3, 0.4) is 0 Å². The molecule has 156 valence electrons. The minimum atomic E-state index is -4.18. The summed E-state index contributed by atoms with van der Waals surface area (Å²) in [5, 5.41) is 0. The van der Waals surface area contributed by atoms with E-state index in [1.54, 1.807) is 6.92 Å². The van der Waals surface area contributed by atoms with Crippen molar-refractivity contribution in [2.45, 2.75) is 11.8 Å². The largest absolute Gasteiger partial charge is 0.493 e. The van der Waals surface area contributed by atoms with E-state index < -0.39 is 22.0 Å². The van der Waals surface area contributed by atoms with Crippen molar-refractivity contribution in [3.63, 3.8) is 0 Å². The summed E-state index contributed by atoms with van der Waals surface area (Å²) in [5.74, 6) is -1.02. The van der Waals surface area contributed by atoms with Gasteiger partial charge in [-0.15, -0.1) is 0 Å². The van der Waals surface area contributed by atoms with Crippen LogP contribution in [0.15, 0.2) is 35.2 Å². The number of hydrogen-bond acceptors (Lipinski definition) is 8. The lowest BCUT2D eigenvalue weighted by atomic mass is 10.1. The molecule has 10 heteroatoms. The highest BCUT2D eigenvalue weighted by Crippen LogP contribution is 2.35. The fraction of sp³-hybridized carbons (Fsp3) is 0.263. The van der Waals surface area contributed by atoms with Gasteiger partial charge in [0.15, 0.2) is 11.5 Å². The molecule has 2 rings (SSSR count). The summed E-state index contributed by atoms with van der Waals surface area (Å²) in [7, 11) is 0.937. The highest BCUT2D eigenvalue weighted by atomic mass is 32.2. The van der Waals surface area contributed by atoms with Gasteiger partial charge in [-0.05, 0) is 24.6 Å². The Morgan fingerprint density at radius 3 is 2.00 bits per heavy atom. The lowest BCUT2D eigenvalue weighted by molar-refractivity contribution is 0.0592. The minimum Gasteiger partial charge on any atom is -0.493 e. The van der Waals surface area contributed by atoms with Crippen LogP contribution in [0.2, 0.25) is 0 Å². The van der Waals surface area contributed by atoms with E-state index >= 15 is 0 Å². The number of rotatable bonds is 7. The molecule has 2 aromatic rings. The molecule has 0 aliphatic heterocycles. The minimum absolute atomic E-state index is 0.0685. The van der Waals surface area contributed by atoms with Gasteiger partial charge in [0.05, 0.1) is 50.1 Å². The van der Waals surface area contributed by atoms with E-state index in [0.29, 0.717) is 5.56 Å². The van der Waals surface area contributed by atoms with Crippen molar-refractivity contribution in [3.8, 4) is 11.5 Å². The Kier molecular flexibility index (Phi) is 6.70. The second-order valence-electron chi connectivity index (χ2n) is 5.82. The summed E-state index contributed by atoms with van der Waals surface area (Å²) in [6.07, 6.45) is 0. The number of ether oxygens (including phenoxy) is 4. The summed E-state index contributed by atoms with van der Waals surface area (Å²) in [6, 6.07) is 6.75. The number of methoxy groups -OCH3 is 4. The third kappa shape index (κ3) is 4.60. The van der Waals surface area contributed by atoms with Gasteiger partial charge in [0, 0.05) is 12.1 Å². The quantitative estimate of drug-likeness (QED) is 0.675. The monoisotopic (exact) mass is 423 g/mol. The zero-order chi connectivity index (χ0) is 21.8. The van der Waals surface area contributed by atoms with Gasteiger partial charge in [-0.3, -0.25) is 4.72 Å². The molecule has 0 bridgehead atoms. The smallest absolute Gasteiger partial charge is 0.340 e. The zero-order valence-corrected chi connectivity index (χ0v) is 17.4. The summed E-state index contributed by atoms with van der Waals surface area (Å²) >= 11 is 0. The zero-order valence-electron chi connectivity index (χ0n) is 16.6. The molecule has 9 nitrogen and oxygen atoms in total. The Bertz CT molecular complexity index is 1050. The molecule has 0 radical (unpaired) electrons. The van der Waals surface area contributed by atoms with Gasteiger partial charge in [-0.25, -0.2) is 18.0 Å². The standard InChI is InChI=1S/C19H21NO8S/c1-11-6-7-12(18(21)27-4)8-17(11)29(23,24)20-14-10-16(26-3)15(25-2)9-13(14)19(22)28-5/h6-10,20H,1-5H3.